The lowest BCUT2D eigenvalue weighted by molar-refractivity contribution is -0.119. The highest BCUT2D eigenvalue weighted by atomic mass is 16.5. The summed E-state index contributed by atoms with van der Waals surface area (Å²) in [6.07, 6.45) is 0. The summed E-state index contributed by atoms with van der Waals surface area (Å²) >= 11 is 0. The molecule has 1 aliphatic rings. The molecule has 0 radical (unpaired) electrons. The smallest absolute Gasteiger partial charge is 0.234 e. The van der Waals surface area contributed by atoms with E-state index in [4.69, 9.17) is 15.2 Å². The standard InChI is InChI=1S/C15H23N3O3/c16-11-15(19)17-12-13-3-1-2-4-14(13)21-10-7-18-5-8-20-9-6-18/h1-4H,5-12,16H2,(H,17,19). The van der Waals surface area contributed by atoms with Crippen molar-refractivity contribution in [2.24, 2.45) is 5.73 Å². The first-order valence-corrected chi connectivity index (χ1v) is 7.27. The van der Waals surface area contributed by atoms with Crippen LogP contribution in [-0.4, -0.2) is 56.8 Å². The van der Waals surface area contributed by atoms with E-state index in [0.29, 0.717) is 13.2 Å². The molecule has 3 N–H and O–H groups in total. The van der Waals surface area contributed by atoms with Gasteiger partial charge in [-0.05, 0) is 6.07 Å². The molecule has 1 saturated heterocycles. The van der Waals surface area contributed by atoms with Gasteiger partial charge in [0.05, 0.1) is 19.8 Å². The molecule has 1 aliphatic heterocycles. The molecule has 116 valence electrons. The van der Waals surface area contributed by atoms with Crippen molar-refractivity contribution in [1.82, 2.24) is 10.2 Å². The summed E-state index contributed by atoms with van der Waals surface area (Å²) in [6.45, 7) is 5.44. The molecule has 0 bridgehead atoms. The van der Waals surface area contributed by atoms with Crippen LogP contribution in [0.2, 0.25) is 0 Å². The molecule has 21 heavy (non-hydrogen) atoms. The number of hydrogen-bond acceptors (Lipinski definition) is 5. The second-order valence-electron chi connectivity index (χ2n) is 4.89. The molecule has 1 aromatic rings. The van der Waals surface area contributed by atoms with Crippen molar-refractivity contribution in [3.05, 3.63) is 29.8 Å². The highest BCUT2D eigenvalue weighted by molar-refractivity contribution is 5.77. The summed E-state index contributed by atoms with van der Waals surface area (Å²) in [5.74, 6) is 0.640. The Balaban J connectivity index is 1.80. The Kier molecular flexibility index (Phi) is 6.46. The number of amides is 1. The van der Waals surface area contributed by atoms with Crippen molar-refractivity contribution in [1.29, 1.82) is 0 Å². The number of nitrogens with one attached hydrogen (secondary N) is 1. The van der Waals surface area contributed by atoms with Gasteiger partial charge in [0.15, 0.2) is 0 Å². The van der Waals surface area contributed by atoms with Crippen LogP contribution in [0.5, 0.6) is 5.75 Å². The molecular weight excluding hydrogens is 270 g/mol. The molecule has 0 saturated carbocycles. The minimum atomic E-state index is -0.168. The van der Waals surface area contributed by atoms with Crippen LogP contribution in [0.15, 0.2) is 24.3 Å². The zero-order valence-corrected chi connectivity index (χ0v) is 12.2. The van der Waals surface area contributed by atoms with E-state index in [0.717, 1.165) is 44.2 Å². The van der Waals surface area contributed by atoms with Crippen molar-refractivity contribution < 1.29 is 14.3 Å². The molecule has 1 amide bonds. The summed E-state index contributed by atoms with van der Waals surface area (Å²) in [4.78, 5) is 13.5. The van der Waals surface area contributed by atoms with Crippen LogP contribution in [0.3, 0.4) is 0 Å². The van der Waals surface area contributed by atoms with E-state index in [1.54, 1.807) is 0 Å². The number of para-hydroxylation sites is 1. The Bertz CT molecular complexity index is 448. The molecule has 6 nitrogen and oxygen atoms in total. The number of carbonyl (C=O) groups is 1. The van der Waals surface area contributed by atoms with E-state index in [9.17, 15) is 4.79 Å². The van der Waals surface area contributed by atoms with Crippen LogP contribution in [-0.2, 0) is 16.1 Å². The first kappa shape index (κ1) is 15.8. The third-order valence-corrected chi connectivity index (χ3v) is 3.40. The second-order valence-corrected chi connectivity index (χ2v) is 4.89. The first-order chi connectivity index (χ1) is 10.3. The molecule has 1 aromatic carbocycles. The van der Waals surface area contributed by atoms with Gasteiger partial charge in [-0.3, -0.25) is 9.69 Å². The minimum Gasteiger partial charge on any atom is -0.492 e. The van der Waals surface area contributed by atoms with Gasteiger partial charge in [-0.2, -0.15) is 0 Å². The largest absolute Gasteiger partial charge is 0.492 e. The van der Waals surface area contributed by atoms with Gasteiger partial charge in [0, 0.05) is 31.7 Å². The fourth-order valence-corrected chi connectivity index (χ4v) is 2.17. The molecule has 6 heteroatoms. The number of carbonyl (C=O) groups excluding carboxylic acids is 1. The molecule has 1 heterocycles. The minimum absolute atomic E-state index is 0.0000546. The third kappa shape index (κ3) is 5.34. The van der Waals surface area contributed by atoms with Gasteiger partial charge in [0.2, 0.25) is 5.91 Å². The molecule has 0 aliphatic carbocycles. The maximum absolute atomic E-state index is 11.2. The maximum Gasteiger partial charge on any atom is 0.234 e. The first-order valence-electron chi connectivity index (χ1n) is 7.27. The summed E-state index contributed by atoms with van der Waals surface area (Å²) in [7, 11) is 0. The summed E-state index contributed by atoms with van der Waals surface area (Å²) in [6, 6.07) is 7.72. The van der Waals surface area contributed by atoms with E-state index >= 15 is 0 Å². The Hall–Kier alpha value is -1.63. The van der Waals surface area contributed by atoms with Crippen LogP contribution < -0.4 is 15.8 Å². The summed E-state index contributed by atoms with van der Waals surface area (Å²) in [5, 5.41) is 2.76. The van der Waals surface area contributed by atoms with Crippen LogP contribution in [0, 0.1) is 0 Å². The van der Waals surface area contributed by atoms with Crippen molar-refractivity contribution in [3.63, 3.8) is 0 Å². The van der Waals surface area contributed by atoms with Crippen LogP contribution in [0.25, 0.3) is 0 Å². The highest BCUT2D eigenvalue weighted by Crippen LogP contribution is 2.17. The van der Waals surface area contributed by atoms with Crippen molar-refractivity contribution in [2.45, 2.75) is 6.54 Å². The predicted molar refractivity (Wildman–Crippen MR) is 80.1 cm³/mol. The van der Waals surface area contributed by atoms with Crippen LogP contribution in [0.4, 0.5) is 0 Å². The van der Waals surface area contributed by atoms with Gasteiger partial charge in [0.25, 0.3) is 0 Å². The van der Waals surface area contributed by atoms with E-state index in [1.165, 1.54) is 0 Å². The number of hydrogen-bond donors (Lipinski definition) is 2. The summed E-state index contributed by atoms with van der Waals surface area (Å²) < 4.78 is 11.2. The van der Waals surface area contributed by atoms with Gasteiger partial charge < -0.3 is 20.5 Å². The average Bonchev–Trinajstić information content (AvgIpc) is 2.54. The van der Waals surface area contributed by atoms with Crippen molar-refractivity contribution >= 4 is 5.91 Å². The molecule has 2 rings (SSSR count). The monoisotopic (exact) mass is 293 g/mol. The second kappa shape index (κ2) is 8.61. The number of benzene rings is 1. The van der Waals surface area contributed by atoms with E-state index < -0.39 is 0 Å². The molecule has 0 aromatic heterocycles. The van der Waals surface area contributed by atoms with E-state index in [2.05, 4.69) is 10.2 Å². The zero-order valence-electron chi connectivity index (χ0n) is 12.2. The SMILES string of the molecule is NCC(=O)NCc1ccccc1OCCN1CCOCC1. The van der Waals surface area contributed by atoms with Crippen LogP contribution >= 0.6 is 0 Å². The number of ether oxygens (including phenoxy) is 2. The number of morpholine rings is 1. The fourth-order valence-electron chi connectivity index (χ4n) is 2.17. The molecule has 0 spiro atoms. The Morgan fingerprint density at radius 3 is 2.86 bits per heavy atom. The summed E-state index contributed by atoms with van der Waals surface area (Å²) in [5.41, 5.74) is 6.24. The van der Waals surface area contributed by atoms with E-state index in [-0.39, 0.29) is 12.5 Å². The Morgan fingerprint density at radius 2 is 2.10 bits per heavy atom. The molecule has 0 atom stereocenters. The fraction of sp³-hybridized carbons (Fsp3) is 0.533. The van der Waals surface area contributed by atoms with Crippen molar-refractivity contribution in [2.75, 3.05) is 46.0 Å². The quantitative estimate of drug-likeness (QED) is 0.738. The normalized spacial score (nSPS) is 15.7. The molecule has 0 unspecified atom stereocenters. The molecular formula is C15H23N3O3. The third-order valence-electron chi connectivity index (χ3n) is 3.40. The topological polar surface area (TPSA) is 76.8 Å². The van der Waals surface area contributed by atoms with Gasteiger partial charge in [0.1, 0.15) is 12.4 Å². The van der Waals surface area contributed by atoms with E-state index in [1.807, 2.05) is 24.3 Å². The van der Waals surface area contributed by atoms with Gasteiger partial charge in [-0.25, -0.2) is 0 Å². The van der Waals surface area contributed by atoms with Gasteiger partial charge >= 0.3 is 0 Å². The van der Waals surface area contributed by atoms with Gasteiger partial charge in [-0.15, -0.1) is 0 Å². The average molecular weight is 293 g/mol. The predicted octanol–water partition coefficient (Wildman–Crippen LogP) is -0.0275. The maximum atomic E-state index is 11.2. The number of nitrogens with zero attached hydrogens (tertiary/aromatic N) is 1. The van der Waals surface area contributed by atoms with Crippen molar-refractivity contribution in [3.8, 4) is 5.75 Å². The number of rotatable bonds is 7. The Labute approximate surface area is 125 Å². The lowest BCUT2D eigenvalue weighted by atomic mass is 10.2. The van der Waals surface area contributed by atoms with Gasteiger partial charge in [-0.1, -0.05) is 18.2 Å². The van der Waals surface area contributed by atoms with Crippen LogP contribution in [0.1, 0.15) is 5.56 Å². The lowest BCUT2D eigenvalue weighted by Crippen LogP contribution is -2.38. The molecule has 1 fully saturated rings. The lowest BCUT2D eigenvalue weighted by Gasteiger charge is -2.26. The number of nitrogens with two attached hydrogens (primary N) is 1. The highest BCUT2D eigenvalue weighted by Gasteiger charge is 2.10. The Morgan fingerprint density at radius 1 is 1.33 bits per heavy atom. The zero-order chi connectivity index (χ0) is 14.9.